The number of nitrogens with zero attached hydrogens (tertiary/aromatic N) is 6. The molecular formula is C18H18N6O. The molecule has 1 aliphatic rings. The zero-order valence-corrected chi connectivity index (χ0v) is 14.0. The van der Waals surface area contributed by atoms with Crippen molar-refractivity contribution in [2.24, 2.45) is 5.16 Å². The molecule has 2 heterocycles. The van der Waals surface area contributed by atoms with E-state index in [0.29, 0.717) is 23.8 Å². The van der Waals surface area contributed by atoms with Crippen molar-refractivity contribution in [2.75, 3.05) is 6.61 Å². The van der Waals surface area contributed by atoms with Gasteiger partial charge in [0.1, 0.15) is 23.7 Å². The lowest BCUT2D eigenvalue weighted by atomic mass is 10.1. The van der Waals surface area contributed by atoms with E-state index in [4.69, 9.17) is 9.94 Å². The highest BCUT2D eigenvalue weighted by Gasteiger charge is 2.30. The van der Waals surface area contributed by atoms with Gasteiger partial charge >= 0.3 is 0 Å². The van der Waals surface area contributed by atoms with Crippen LogP contribution in [0.3, 0.4) is 0 Å². The van der Waals surface area contributed by atoms with Crippen LogP contribution in [-0.2, 0) is 11.3 Å². The van der Waals surface area contributed by atoms with Crippen molar-refractivity contribution in [1.29, 1.82) is 0 Å². The molecule has 4 rings (SSSR count). The molecule has 0 unspecified atom stereocenters. The lowest BCUT2D eigenvalue weighted by Crippen LogP contribution is -2.07. The summed E-state index contributed by atoms with van der Waals surface area (Å²) in [7, 11) is 0. The van der Waals surface area contributed by atoms with Crippen LogP contribution >= 0.6 is 0 Å². The Balaban J connectivity index is 1.87. The Morgan fingerprint density at radius 3 is 2.84 bits per heavy atom. The Hall–Kier alpha value is -3.09. The van der Waals surface area contributed by atoms with E-state index in [0.717, 1.165) is 41.9 Å². The summed E-state index contributed by atoms with van der Waals surface area (Å²) in [6.07, 6.45) is 4.61. The standard InChI is InChI=1S/C18H18N6O/c1-3-5-10-14-20-21-18-19-17-15(22-24(14)18)12-8-6-7-9-13(12)16(17)23-25-11-4-2/h4,6-9H,2-3,5,10-11H2,1H3/b23-16-. The highest BCUT2D eigenvalue weighted by Crippen LogP contribution is 2.34. The normalized spacial score (nSPS) is 13.9. The molecular weight excluding hydrogens is 316 g/mol. The van der Waals surface area contributed by atoms with Crippen LogP contribution in [0.1, 0.15) is 36.8 Å². The summed E-state index contributed by atoms with van der Waals surface area (Å²) in [6.45, 7) is 6.12. The number of hydrogen-bond donors (Lipinski definition) is 0. The molecule has 7 nitrogen and oxygen atoms in total. The molecule has 1 aromatic carbocycles. The van der Waals surface area contributed by atoms with Gasteiger partial charge in [-0.2, -0.15) is 9.61 Å². The number of oxime groups is 1. The predicted molar refractivity (Wildman–Crippen MR) is 94.4 cm³/mol. The van der Waals surface area contributed by atoms with Crippen LogP contribution in [0.15, 0.2) is 42.1 Å². The molecule has 0 saturated heterocycles. The van der Waals surface area contributed by atoms with Crippen LogP contribution in [0, 0.1) is 0 Å². The third-order valence-electron chi connectivity index (χ3n) is 4.09. The second kappa shape index (κ2) is 6.43. The predicted octanol–water partition coefficient (Wildman–Crippen LogP) is 2.80. The van der Waals surface area contributed by atoms with Gasteiger partial charge in [0.2, 0.25) is 0 Å². The minimum Gasteiger partial charge on any atom is -0.391 e. The first-order chi connectivity index (χ1) is 12.3. The second-order valence-electron chi connectivity index (χ2n) is 5.81. The summed E-state index contributed by atoms with van der Waals surface area (Å²) in [5, 5.41) is 17.4. The molecule has 7 heteroatoms. The first-order valence-electron chi connectivity index (χ1n) is 8.36. The first-order valence-corrected chi connectivity index (χ1v) is 8.36. The van der Waals surface area contributed by atoms with Gasteiger partial charge in [-0.1, -0.05) is 55.4 Å². The first kappa shape index (κ1) is 15.4. The van der Waals surface area contributed by atoms with Crippen molar-refractivity contribution in [1.82, 2.24) is 24.8 Å². The molecule has 0 radical (unpaired) electrons. The Morgan fingerprint density at radius 1 is 1.20 bits per heavy atom. The summed E-state index contributed by atoms with van der Waals surface area (Å²) in [5.74, 6) is 1.31. The molecule has 0 bridgehead atoms. The van der Waals surface area contributed by atoms with Crippen LogP contribution < -0.4 is 0 Å². The molecule has 0 spiro atoms. The molecule has 2 aromatic heterocycles. The largest absolute Gasteiger partial charge is 0.391 e. The average Bonchev–Trinajstić information content (AvgIpc) is 3.18. The highest BCUT2D eigenvalue weighted by atomic mass is 16.6. The van der Waals surface area contributed by atoms with Crippen molar-refractivity contribution < 1.29 is 4.84 Å². The van der Waals surface area contributed by atoms with E-state index < -0.39 is 0 Å². The number of aryl methyl sites for hydroxylation is 1. The summed E-state index contributed by atoms with van der Waals surface area (Å²) in [5.41, 5.74) is 4.07. The zero-order chi connectivity index (χ0) is 17.2. The smallest absolute Gasteiger partial charge is 0.272 e. The molecule has 25 heavy (non-hydrogen) atoms. The van der Waals surface area contributed by atoms with Crippen LogP contribution in [-0.4, -0.2) is 37.1 Å². The molecule has 0 aliphatic heterocycles. The van der Waals surface area contributed by atoms with E-state index in [1.165, 1.54) is 0 Å². The SMILES string of the molecule is C=CCO/N=C1/c2ccccc2-c2nn3c(CCCC)nnc3nc21. The average molecular weight is 334 g/mol. The fourth-order valence-corrected chi connectivity index (χ4v) is 2.88. The monoisotopic (exact) mass is 334 g/mol. The van der Waals surface area contributed by atoms with Crippen molar-refractivity contribution in [3.63, 3.8) is 0 Å². The maximum atomic E-state index is 5.31. The lowest BCUT2D eigenvalue weighted by molar-refractivity contribution is 0.175. The Morgan fingerprint density at radius 2 is 2.04 bits per heavy atom. The molecule has 3 aromatic rings. The van der Waals surface area contributed by atoms with Gasteiger partial charge < -0.3 is 4.84 Å². The van der Waals surface area contributed by atoms with E-state index in [-0.39, 0.29) is 0 Å². The second-order valence-corrected chi connectivity index (χ2v) is 5.81. The van der Waals surface area contributed by atoms with Crippen LogP contribution in [0.25, 0.3) is 17.0 Å². The fraction of sp³-hybridized carbons (Fsp3) is 0.278. The Bertz CT molecular complexity index is 975. The maximum absolute atomic E-state index is 5.31. The fourth-order valence-electron chi connectivity index (χ4n) is 2.88. The number of hydrogen-bond acceptors (Lipinski definition) is 6. The summed E-state index contributed by atoms with van der Waals surface area (Å²) >= 11 is 0. The van der Waals surface area contributed by atoms with Gasteiger partial charge in [-0.15, -0.1) is 10.2 Å². The molecule has 1 aliphatic carbocycles. The third kappa shape index (κ3) is 2.57. The van der Waals surface area contributed by atoms with Gasteiger partial charge in [0.15, 0.2) is 5.82 Å². The summed E-state index contributed by atoms with van der Waals surface area (Å²) < 4.78 is 1.73. The van der Waals surface area contributed by atoms with Crippen LogP contribution in [0.5, 0.6) is 0 Å². The van der Waals surface area contributed by atoms with Gasteiger partial charge in [-0.3, -0.25) is 0 Å². The van der Waals surface area contributed by atoms with E-state index in [1.54, 1.807) is 10.6 Å². The molecule has 126 valence electrons. The topological polar surface area (TPSA) is 77.6 Å². The van der Waals surface area contributed by atoms with E-state index in [1.807, 2.05) is 24.3 Å². The van der Waals surface area contributed by atoms with E-state index in [9.17, 15) is 0 Å². The zero-order valence-electron chi connectivity index (χ0n) is 14.0. The van der Waals surface area contributed by atoms with E-state index in [2.05, 4.69) is 33.8 Å². The minimum atomic E-state index is 0.336. The van der Waals surface area contributed by atoms with Crippen molar-refractivity contribution in [3.05, 3.63) is 54.0 Å². The highest BCUT2D eigenvalue weighted by molar-refractivity contribution is 6.22. The van der Waals surface area contributed by atoms with Crippen LogP contribution in [0.2, 0.25) is 0 Å². The van der Waals surface area contributed by atoms with Crippen molar-refractivity contribution >= 4 is 11.5 Å². The minimum absolute atomic E-state index is 0.336. The quantitative estimate of drug-likeness (QED) is 0.308. The molecule has 0 saturated carbocycles. The van der Waals surface area contributed by atoms with Crippen LogP contribution in [0.4, 0.5) is 0 Å². The number of rotatable bonds is 6. The van der Waals surface area contributed by atoms with Gasteiger partial charge in [0.05, 0.1) is 0 Å². The lowest BCUT2D eigenvalue weighted by Gasteiger charge is -2.02. The van der Waals surface area contributed by atoms with Gasteiger partial charge in [0.25, 0.3) is 5.78 Å². The van der Waals surface area contributed by atoms with Gasteiger partial charge in [-0.05, 0) is 6.42 Å². The van der Waals surface area contributed by atoms with Gasteiger partial charge in [0, 0.05) is 17.5 Å². The molecule has 0 atom stereocenters. The van der Waals surface area contributed by atoms with Crippen molar-refractivity contribution in [3.8, 4) is 11.3 Å². The number of unbranched alkanes of at least 4 members (excludes halogenated alkanes) is 1. The van der Waals surface area contributed by atoms with Gasteiger partial charge in [-0.25, -0.2) is 4.98 Å². The Kier molecular flexibility index (Phi) is 3.97. The van der Waals surface area contributed by atoms with E-state index >= 15 is 0 Å². The summed E-state index contributed by atoms with van der Waals surface area (Å²) in [6, 6.07) is 7.95. The molecule has 0 amide bonds. The van der Waals surface area contributed by atoms with Crippen molar-refractivity contribution in [2.45, 2.75) is 26.2 Å². The third-order valence-corrected chi connectivity index (χ3v) is 4.09. The number of aromatic nitrogens is 5. The molecule has 0 N–H and O–H groups in total. The number of fused-ring (bicyclic) bond motifs is 4. The maximum Gasteiger partial charge on any atom is 0.272 e. The summed E-state index contributed by atoms with van der Waals surface area (Å²) in [4.78, 5) is 9.96. The number of benzene rings is 1. The molecule has 0 fully saturated rings. The Labute approximate surface area is 145 Å².